The number of anilines is 1. The number of benzene rings is 2. The number of likely N-dealkylation sites (N-methyl/N-ethyl adjacent to an activating group) is 4. The zero-order valence-corrected chi connectivity index (χ0v) is 54.1. The van der Waals surface area contributed by atoms with Crippen LogP contribution in [0.15, 0.2) is 21.3 Å². The monoisotopic (exact) mass is 1250 g/mol. The van der Waals surface area contributed by atoms with E-state index < -0.39 is 191 Å². The van der Waals surface area contributed by atoms with E-state index in [1.807, 2.05) is 0 Å². The van der Waals surface area contributed by atoms with E-state index in [2.05, 4.69) is 21.3 Å². The van der Waals surface area contributed by atoms with Crippen molar-refractivity contribution in [3.63, 3.8) is 0 Å². The van der Waals surface area contributed by atoms with Crippen LogP contribution >= 0.6 is 0 Å². The van der Waals surface area contributed by atoms with Crippen LogP contribution in [0.2, 0.25) is 0 Å². The van der Waals surface area contributed by atoms with Crippen LogP contribution in [0.3, 0.4) is 0 Å². The van der Waals surface area contributed by atoms with Gasteiger partial charge >= 0.3 is 11.9 Å². The van der Waals surface area contributed by atoms with E-state index in [4.69, 9.17) is 24.6 Å². The summed E-state index contributed by atoms with van der Waals surface area (Å²) in [7, 11) is 5.62. The maximum atomic E-state index is 14.9. The van der Waals surface area contributed by atoms with Crippen molar-refractivity contribution in [2.45, 2.75) is 169 Å². The third kappa shape index (κ3) is 13.7. The Hall–Kier alpha value is -8.72. The van der Waals surface area contributed by atoms with Crippen molar-refractivity contribution < 1.29 is 71.4 Å². The number of aryl methyl sites for hydroxylation is 1. The number of carbonyl (C=O) groups excluding carboxylic acids is 12. The Morgan fingerprint density at radius 3 is 1.39 bits per heavy atom. The van der Waals surface area contributed by atoms with E-state index in [1.54, 1.807) is 62.3 Å². The molecular formula is C62H86N12O16. The number of nitrogens with one attached hydrogen (secondary N) is 4. The van der Waals surface area contributed by atoms with Crippen LogP contribution in [0.25, 0.3) is 22.6 Å². The summed E-state index contributed by atoms with van der Waals surface area (Å²) in [6.07, 6.45) is -1.66. The first-order valence-electron chi connectivity index (χ1n) is 30.5. The molecule has 4 fully saturated rings. The van der Waals surface area contributed by atoms with Crippen LogP contribution < -0.4 is 32.4 Å². The Kier molecular flexibility index (Phi) is 21.1. The number of ether oxygens (including phenoxy) is 2. The molecule has 90 heavy (non-hydrogen) atoms. The molecule has 10 amide bonds. The molecule has 1 aliphatic carbocycles. The highest BCUT2D eigenvalue weighted by Crippen LogP contribution is 2.36. The summed E-state index contributed by atoms with van der Waals surface area (Å²) in [5, 5.41) is 10.8. The second-order valence-electron chi connectivity index (χ2n) is 25.6. The number of carbonyl (C=O) groups is 12. The lowest BCUT2D eigenvalue weighted by Crippen LogP contribution is -2.62. The fourth-order valence-electron chi connectivity index (χ4n) is 12.3. The fraction of sp³-hybridized carbons (Fsp3) is 0.613. The molecule has 7 rings (SSSR count). The summed E-state index contributed by atoms with van der Waals surface area (Å²) in [5.41, 5.74) is 3.51. The molecule has 1 aromatic carbocycles. The summed E-state index contributed by atoms with van der Waals surface area (Å²) >= 11 is 0. The molecule has 1 aromatic rings. The third-order valence-corrected chi connectivity index (χ3v) is 17.5. The lowest BCUT2D eigenvalue weighted by molar-refractivity contribution is -0.148. The highest BCUT2D eigenvalue weighted by Gasteiger charge is 2.46. The predicted molar refractivity (Wildman–Crippen MR) is 325 cm³/mol. The molecule has 0 spiro atoms. The number of amides is 10. The molecule has 0 bridgehead atoms. The highest BCUT2D eigenvalue weighted by molar-refractivity contribution is 6.07. The van der Waals surface area contributed by atoms with Gasteiger partial charge in [-0.1, -0.05) is 61.5 Å². The van der Waals surface area contributed by atoms with E-state index in [0.29, 0.717) is 31.2 Å². The minimum atomic E-state index is -1.80. The van der Waals surface area contributed by atoms with Crippen LogP contribution in [-0.4, -0.2) is 220 Å². The van der Waals surface area contributed by atoms with Crippen molar-refractivity contribution in [2.75, 3.05) is 60.1 Å². The lowest BCUT2D eigenvalue weighted by Gasteiger charge is -2.34. The molecule has 0 radical (unpaired) electrons. The number of nitrogens with two attached hydrogens (primary N) is 1. The van der Waals surface area contributed by atoms with E-state index >= 15 is 0 Å². The van der Waals surface area contributed by atoms with Gasteiger partial charge < -0.3 is 70.3 Å². The van der Waals surface area contributed by atoms with Crippen LogP contribution in [-0.2, 0) is 57.4 Å². The largest absolute Gasteiger partial charge is 0.456 e. The molecule has 10 atom stereocenters. The molecule has 5 aliphatic heterocycles. The van der Waals surface area contributed by atoms with Crippen molar-refractivity contribution in [3.05, 3.63) is 44.6 Å². The van der Waals surface area contributed by atoms with Crippen molar-refractivity contribution in [1.29, 1.82) is 0 Å². The molecular weight excluding hydrogens is 1170 g/mol. The standard InChI is InChI=1S/C62H86N12O16/c1-27(2)42-59(84)73-23-17-19-36(73)57(82)69(13)25-38(75)71(15)48(29(5)6)55(80)67-44(53(78)65-42)33(11)88-61(86)35-22-21-31(9)51-46(35)64-47-40(41(63)50(77)32(10)52(47)90-51)62(87)89-34(12)45-54(79)66-43(28(3)4)60(85)74-24-18-20-37(74)58(83)70(14)26-39(76)72(16)49(30(7)8)56(81)68-45/h21-22,27-30,33-34,36-37,42-45,48-49H,17-20,23-26,63H2,1-16H3,(H,65,78)(H,66,79)(H,67,80)(H,68,81). The van der Waals surface area contributed by atoms with E-state index in [9.17, 15) is 62.3 Å². The molecule has 28 nitrogen and oxygen atoms in total. The van der Waals surface area contributed by atoms with Crippen molar-refractivity contribution in [1.82, 2.24) is 55.7 Å². The third-order valence-electron chi connectivity index (χ3n) is 17.5. The number of hydrogen-bond donors (Lipinski definition) is 5. The van der Waals surface area contributed by atoms with Gasteiger partial charge in [0.05, 0.1) is 24.3 Å². The van der Waals surface area contributed by atoms with Gasteiger partial charge in [0.1, 0.15) is 77.3 Å². The van der Waals surface area contributed by atoms with E-state index in [-0.39, 0.29) is 41.1 Å². The van der Waals surface area contributed by atoms with Crippen molar-refractivity contribution >= 4 is 87.8 Å². The average Bonchev–Trinajstić information content (AvgIpc) is 0.893. The summed E-state index contributed by atoms with van der Waals surface area (Å²) < 4.78 is 18.4. The Morgan fingerprint density at radius 2 is 0.978 bits per heavy atom. The van der Waals surface area contributed by atoms with Gasteiger partial charge in [-0.3, -0.25) is 52.7 Å². The normalized spacial score (nSPS) is 25.0. The van der Waals surface area contributed by atoms with Gasteiger partial charge in [0, 0.05) is 46.8 Å². The second kappa shape index (κ2) is 27.6. The van der Waals surface area contributed by atoms with Crippen LogP contribution in [0, 0.1) is 37.5 Å². The molecule has 6 aliphatic rings. The Morgan fingerprint density at radius 1 is 0.567 bits per heavy atom. The highest BCUT2D eigenvalue weighted by atomic mass is 16.5. The molecule has 0 saturated carbocycles. The zero-order valence-electron chi connectivity index (χ0n) is 54.1. The van der Waals surface area contributed by atoms with E-state index in [1.165, 1.54) is 85.6 Å². The van der Waals surface area contributed by atoms with Crippen LogP contribution in [0.5, 0.6) is 0 Å². The van der Waals surface area contributed by atoms with Gasteiger partial charge in [-0.15, -0.1) is 0 Å². The Labute approximate surface area is 522 Å². The van der Waals surface area contributed by atoms with Crippen LogP contribution in [0.4, 0.5) is 5.69 Å². The minimum absolute atomic E-state index is 0.0666. The molecule has 4 saturated heterocycles. The zero-order chi connectivity index (χ0) is 67.0. The first-order valence-corrected chi connectivity index (χ1v) is 30.5. The number of fused-ring (bicyclic) bond motifs is 4. The van der Waals surface area contributed by atoms with Crippen molar-refractivity contribution in [3.8, 4) is 11.5 Å². The summed E-state index contributed by atoms with van der Waals surface area (Å²) in [6.45, 7) is 18.5. The topological polar surface area (TPSA) is 360 Å². The first kappa shape index (κ1) is 68.8. The van der Waals surface area contributed by atoms with Gasteiger partial charge in [-0.25, -0.2) is 14.6 Å². The number of hydrogen-bond acceptors (Lipinski definition) is 18. The molecule has 28 heteroatoms. The average molecular weight is 1260 g/mol. The van der Waals surface area contributed by atoms with Gasteiger partial charge in [0.25, 0.3) is 0 Å². The molecule has 10 unspecified atom stereocenters. The van der Waals surface area contributed by atoms with Crippen molar-refractivity contribution in [2.24, 2.45) is 23.7 Å². The molecule has 0 aromatic heterocycles. The van der Waals surface area contributed by atoms with Gasteiger partial charge in [-0.2, -0.15) is 0 Å². The number of aromatic nitrogens is 1. The summed E-state index contributed by atoms with van der Waals surface area (Å²) in [4.78, 5) is 198. The summed E-state index contributed by atoms with van der Waals surface area (Å²) in [6, 6.07) is -7.57. The maximum absolute atomic E-state index is 14.9. The van der Waals surface area contributed by atoms with Gasteiger partial charge in [0.15, 0.2) is 11.3 Å². The number of nitrogens with zero attached hydrogens (tertiary/aromatic N) is 7. The minimum Gasteiger partial charge on any atom is -0.456 e. The number of rotatable bonds is 10. The number of nitrogen functional groups attached to an aromatic ring is 1. The quantitative estimate of drug-likeness (QED) is 0.106. The summed E-state index contributed by atoms with van der Waals surface area (Å²) in [5.74, 6) is -12.0. The second-order valence-corrected chi connectivity index (χ2v) is 25.6. The van der Waals surface area contributed by atoms with Gasteiger partial charge in [-0.05, 0) is 88.7 Å². The van der Waals surface area contributed by atoms with Crippen LogP contribution in [0.1, 0.15) is 127 Å². The molecule has 490 valence electrons. The first-order chi connectivity index (χ1) is 42.1. The predicted octanol–water partition coefficient (Wildman–Crippen LogP) is 0.726. The van der Waals surface area contributed by atoms with E-state index in [0.717, 1.165) is 4.90 Å². The fourth-order valence-corrected chi connectivity index (χ4v) is 12.3. The lowest BCUT2D eigenvalue weighted by atomic mass is 9.99. The Bertz CT molecular complexity index is 3420. The number of esters is 2. The SMILES string of the molecule is Cc1c2oc3c(C)ccc(C(=O)OC(C)C4NC(=O)C(C(C)C)N(C)C(=O)CN(C)C(=O)C5CCCN5C(=O)C(C(C)C)NC4=O)c3nc-2c(C(=O)OC(C)C2NC(=O)C(C(C)C)N(C)C(=O)CN(C)C(=O)C3CCCN3C(=O)C(C(C)C)NC2=O)c(N)c1=O. The molecule has 6 N–H and O–H groups in total. The Balaban J connectivity index is 1.27. The molecule has 5 heterocycles. The maximum Gasteiger partial charge on any atom is 0.343 e. The van der Waals surface area contributed by atoms with Gasteiger partial charge in [0.2, 0.25) is 64.5 Å². The smallest absolute Gasteiger partial charge is 0.343 e.